The Morgan fingerprint density at radius 1 is 1.41 bits per heavy atom. The minimum atomic E-state index is -2.97. The number of aryl methyl sites for hydroxylation is 1. The fraction of sp³-hybridized carbons (Fsp3) is 0.500. The molecule has 0 spiro atoms. The molecule has 17 heavy (non-hydrogen) atoms. The topological polar surface area (TPSA) is 66.4 Å². The van der Waals surface area contributed by atoms with Crippen molar-refractivity contribution in [2.75, 3.05) is 12.0 Å². The largest absolute Gasteiger partial charge is 0.507 e. The summed E-state index contributed by atoms with van der Waals surface area (Å²) in [4.78, 5) is 0. The van der Waals surface area contributed by atoms with Crippen LogP contribution in [0.4, 0.5) is 0 Å². The first-order valence-electron chi connectivity index (χ1n) is 5.48. The van der Waals surface area contributed by atoms with Crippen LogP contribution in [0.3, 0.4) is 0 Å². The van der Waals surface area contributed by atoms with E-state index >= 15 is 0 Å². The lowest BCUT2D eigenvalue weighted by molar-refractivity contribution is 0.457. The summed E-state index contributed by atoms with van der Waals surface area (Å²) in [7, 11) is -2.97. The van der Waals surface area contributed by atoms with E-state index in [0.717, 1.165) is 11.1 Å². The minimum Gasteiger partial charge on any atom is -0.507 e. The number of rotatable bonds is 5. The number of para-hydroxylation sites is 1. The molecule has 0 fully saturated rings. The van der Waals surface area contributed by atoms with Crippen LogP contribution in [0.2, 0.25) is 0 Å². The van der Waals surface area contributed by atoms with Gasteiger partial charge in [-0.2, -0.15) is 0 Å². The van der Waals surface area contributed by atoms with Crippen molar-refractivity contribution in [2.24, 2.45) is 0 Å². The summed E-state index contributed by atoms with van der Waals surface area (Å²) in [5.74, 6) is 0.367. The third kappa shape index (κ3) is 4.75. The second-order valence-electron chi connectivity index (χ2n) is 4.46. The first kappa shape index (κ1) is 14.0. The lowest BCUT2D eigenvalue weighted by Crippen LogP contribution is -2.32. The van der Waals surface area contributed by atoms with Gasteiger partial charge in [0, 0.05) is 24.4 Å². The highest BCUT2D eigenvalue weighted by Crippen LogP contribution is 2.21. The second kappa shape index (κ2) is 5.51. The van der Waals surface area contributed by atoms with Gasteiger partial charge in [0.25, 0.3) is 0 Å². The maximum absolute atomic E-state index is 11.1. The number of benzene rings is 1. The predicted molar refractivity (Wildman–Crippen MR) is 68.9 cm³/mol. The van der Waals surface area contributed by atoms with Crippen molar-refractivity contribution < 1.29 is 13.5 Å². The molecule has 0 heterocycles. The van der Waals surface area contributed by atoms with Gasteiger partial charge >= 0.3 is 0 Å². The van der Waals surface area contributed by atoms with Crippen molar-refractivity contribution in [2.45, 2.75) is 26.4 Å². The zero-order valence-corrected chi connectivity index (χ0v) is 11.2. The summed E-state index contributed by atoms with van der Waals surface area (Å²) in [6, 6.07) is 5.39. The van der Waals surface area contributed by atoms with E-state index in [9.17, 15) is 13.5 Å². The Balaban J connectivity index is 2.59. The average molecular weight is 257 g/mol. The van der Waals surface area contributed by atoms with Crippen LogP contribution in [0.15, 0.2) is 18.2 Å². The Morgan fingerprint density at radius 2 is 2.06 bits per heavy atom. The first-order valence-corrected chi connectivity index (χ1v) is 7.54. The monoisotopic (exact) mass is 257 g/mol. The number of nitrogens with one attached hydrogen (secondary N) is 1. The molecule has 0 aliphatic carbocycles. The van der Waals surface area contributed by atoms with Gasteiger partial charge in [0.2, 0.25) is 0 Å². The van der Waals surface area contributed by atoms with E-state index in [2.05, 4.69) is 5.32 Å². The molecule has 2 N–H and O–H groups in total. The summed E-state index contributed by atoms with van der Waals surface area (Å²) >= 11 is 0. The summed E-state index contributed by atoms with van der Waals surface area (Å²) in [6.45, 7) is 4.11. The Morgan fingerprint density at radius 3 is 2.65 bits per heavy atom. The number of phenolic OH excluding ortho intramolecular Hbond substituents is 1. The SMILES string of the molecule is Cc1cccc(CNC(C)CS(C)(=O)=O)c1O. The number of phenols is 1. The smallest absolute Gasteiger partial charge is 0.148 e. The van der Waals surface area contributed by atoms with Crippen molar-refractivity contribution in [3.63, 3.8) is 0 Å². The zero-order valence-electron chi connectivity index (χ0n) is 10.4. The maximum atomic E-state index is 11.1. The second-order valence-corrected chi connectivity index (χ2v) is 6.64. The van der Waals surface area contributed by atoms with Crippen molar-refractivity contribution in [3.05, 3.63) is 29.3 Å². The van der Waals surface area contributed by atoms with E-state index in [1.165, 1.54) is 6.26 Å². The molecule has 1 unspecified atom stereocenters. The lowest BCUT2D eigenvalue weighted by Gasteiger charge is -2.14. The molecule has 4 nitrogen and oxygen atoms in total. The molecule has 0 aromatic heterocycles. The van der Waals surface area contributed by atoms with Crippen molar-refractivity contribution >= 4 is 9.84 Å². The fourth-order valence-corrected chi connectivity index (χ4v) is 2.69. The highest BCUT2D eigenvalue weighted by atomic mass is 32.2. The van der Waals surface area contributed by atoms with Crippen LogP contribution in [0, 0.1) is 6.92 Å². The van der Waals surface area contributed by atoms with Gasteiger partial charge in [-0.05, 0) is 19.4 Å². The van der Waals surface area contributed by atoms with E-state index in [1.54, 1.807) is 0 Å². The molecule has 1 aromatic rings. The highest BCUT2D eigenvalue weighted by Gasteiger charge is 2.11. The molecule has 0 aliphatic rings. The van der Waals surface area contributed by atoms with Gasteiger partial charge in [-0.3, -0.25) is 0 Å². The van der Waals surface area contributed by atoms with Crippen LogP contribution in [-0.2, 0) is 16.4 Å². The minimum absolute atomic E-state index is 0.0968. The quantitative estimate of drug-likeness (QED) is 0.832. The third-order valence-electron chi connectivity index (χ3n) is 2.52. The average Bonchev–Trinajstić information content (AvgIpc) is 2.18. The summed E-state index contributed by atoms with van der Waals surface area (Å²) < 4.78 is 22.2. The van der Waals surface area contributed by atoms with Gasteiger partial charge in [0.15, 0.2) is 0 Å². The van der Waals surface area contributed by atoms with Crippen LogP contribution >= 0.6 is 0 Å². The molecule has 5 heteroatoms. The molecule has 0 saturated heterocycles. The van der Waals surface area contributed by atoms with Crippen LogP contribution in [0.1, 0.15) is 18.1 Å². The molecule has 0 radical (unpaired) electrons. The number of aromatic hydroxyl groups is 1. The molecule has 96 valence electrons. The Bertz CT molecular complexity index is 483. The zero-order chi connectivity index (χ0) is 13.1. The van der Waals surface area contributed by atoms with Crippen LogP contribution in [0.5, 0.6) is 5.75 Å². The molecule has 0 saturated carbocycles. The van der Waals surface area contributed by atoms with Crippen molar-refractivity contribution in [3.8, 4) is 5.75 Å². The highest BCUT2D eigenvalue weighted by molar-refractivity contribution is 7.90. The summed E-state index contributed by atoms with van der Waals surface area (Å²) in [5.41, 5.74) is 1.60. The van der Waals surface area contributed by atoms with Crippen LogP contribution in [0.25, 0.3) is 0 Å². The standard InChI is InChI=1S/C12H19NO3S/c1-9-5-4-6-11(12(9)14)7-13-10(2)8-17(3,15)16/h4-6,10,13-14H,7-8H2,1-3H3. The molecule has 1 rings (SSSR count). The lowest BCUT2D eigenvalue weighted by atomic mass is 10.1. The summed E-state index contributed by atoms with van der Waals surface area (Å²) in [5, 5.41) is 12.9. The van der Waals surface area contributed by atoms with Crippen molar-refractivity contribution in [1.82, 2.24) is 5.32 Å². The third-order valence-corrected chi connectivity index (χ3v) is 3.62. The van der Waals surface area contributed by atoms with E-state index in [4.69, 9.17) is 0 Å². The molecular weight excluding hydrogens is 238 g/mol. The fourth-order valence-electron chi connectivity index (χ4n) is 1.66. The molecule has 0 bridgehead atoms. The number of hydrogen-bond donors (Lipinski definition) is 2. The van der Waals surface area contributed by atoms with Gasteiger partial charge in [0.1, 0.15) is 15.6 Å². The van der Waals surface area contributed by atoms with Crippen molar-refractivity contribution in [1.29, 1.82) is 0 Å². The van der Waals surface area contributed by atoms with E-state index in [1.807, 2.05) is 32.0 Å². The van der Waals surface area contributed by atoms with Crippen LogP contribution < -0.4 is 5.32 Å². The summed E-state index contributed by atoms with van der Waals surface area (Å²) in [6.07, 6.45) is 1.22. The molecule has 1 aromatic carbocycles. The molecule has 1 atom stereocenters. The molecule has 0 aliphatic heterocycles. The van der Waals surface area contributed by atoms with Gasteiger partial charge < -0.3 is 10.4 Å². The van der Waals surface area contributed by atoms with Gasteiger partial charge in [-0.25, -0.2) is 8.42 Å². The van der Waals surface area contributed by atoms with E-state index in [-0.39, 0.29) is 17.5 Å². The number of sulfone groups is 1. The molecular formula is C12H19NO3S. The molecule has 0 amide bonds. The first-order chi connectivity index (χ1) is 7.79. The predicted octanol–water partition coefficient (Wildman–Crippen LogP) is 1.22. The van der Waals surface area contributed by atoms with E-state index < -0.39 is 9.84 Å². The van der Waals surface area contributed by atoms with Gasteiger partial charge in [-0.15, -0.1) is 0 Å². The maximum Gasteiger partial charge on any atom is 0.148 e. The Kier molecular flexibility index (Phi) is 4.54. The number of hydrogen-bond acceptors (Lipinski definition) is 4. The van der Waals surface area contributed by atoms with Gasteiger partial charge in [-0.1, -0.05) is 18.2 Å². The Hall–Kier alpha value is -1.07. The van der Waals surface area contributed by atoms with E-state index in [0.29, 0.717) is 6.54 Å². The normalized spacial score (nSPS) is 13.6. The Labute approximate surface area is 103 Å². The van der Waals surface area contributed by atoms with Gasteiger partial charge in [0.05, 0.1) is 5.75 Å². The van der Waals surface area contributed by atoms with Crippen LogP contribution in [-0.4, -0.2) is 31.6 Å².